The van der Waals surface area contributed by atoms with Crippen LogP contribution in [-0.2, 0) is 0 Å². The molecule has 2 aromatic rings. The largest absolute Gasteiger partial charge is 0.380 e. The minimum atomic E-state index is -1.77. The minimum absolute atomic E-state index is 0.0121. The van der Waals surface area contributed by atoms with E-state index in [0.717, 1.165) is 0 Å². The molecule has 19 heavy (non-hydrogen) atoms. The fraction of sp³-hybridized carbons (Fsp3) is 0.167. The summed E-state index contributed by atoms with van der Waals surface area (Å²) in [6, 6.07) is 0.0343. The van der Waals surface area contributed by atoms with Crippen LogP contribution in [0.4, 0.5) is 32.0 Å². The predicted molar refractivity (Wildman–Crippen MR) is 57.9 cm³/mol. The average molecular weight is 279 g/mol. The van der Waals surface area contributed by atoms with Gasteiger partial charge < -0.3 is 5.32 Å². The van der Waals surface area contributed by atoms with E-state index in [1.54, 1.807) is 0 Å². The van der Waals surface area contributed by atoms with E-state index in [-0.39, 0.29) is 12.6 Å². The third-order valence-corrected chi connectivity index (χ3v) is 2.60. The second-order valence-corrected chi connectivity index (χ2v) is 3.75. The predicted octanol–water partition coefficient (Wildman–Crippen LogP) is 4.11. The summed E-state index contributed by atoms with van der Waals surface area (Å²) < 4.78 is 80.9. The van der Waals surface area contributed by atoms with Crippen LogP contribution in [0.1, 0.15) is 6.92 Å². The maximum atomic E-state index is 13.9. The second-order valence-electron chi connectivity index (χ2n) is 3.75. The lowest BCUT2D eigenvalue weighted by molar-refractivity contribution is 0.484. The molecule has 0 spiro atoms. The molecule has 0 saturated carbocycles. The van der Waals surface area contributed by atoms with Crippen LogP contribution in [0.25, 0.3) is 10.8 Å². The molecule has 1 nitrogen and oxygen atoms in total. The number of hydrogen-bond donors (Lipinski definition) is 1. The fourth-order valence-corrected chi connectivity index (χ4v) is 1.79. The van der Waals surface area contributed by atoms with Crippen molar-refractivity contribution >= 4 is 16.5 Å². The van der Waals surface area contributed by atoms with Crippen LogP contribution in [-0.4, -0.2) is 6.54 Å². The summed E-state index contributed by atoms with van der Waals surface area (Å²) in [5.41, 5.74) is -0.962. The molecule has 0 unspecified atom stereocenters. The first-order chi connectivity index (χ1) is 8.90. The highest BCUT2D eigenvalue weighted by atomic mass is 19.2. The summed E-state index contributed by atoms with van der Waals surface area (Å²) in [5.74, 6) is -10.1. The Balaban J connectivity index is 3.03. The first-order valence-corrected chi connectivity index (χ1v) is 5.27. The van der Waals surface area contributed by atoms with Gasteiger partial charge in [-0.05, 0) is 6.92 Å². The Labute approximate surface area is 103 Å². The molecule has 0 radical (unpaired) electrons. The standard InChI is InChI=1S/C12H7F6N/c1-2-19-12-10(17)7-6(9(16)11(12)18)4(13)3-5(14)8(7)15/h3,19H,2H2,1H3. The van der Waals surface area contributed by atoms with Gasteiger partial charge in [-0.1, -0.05) is 0 Å². The molecule has 0 aliphatic heterocycles. The Morgan fingerprint density at radius 3 is 2.00 bits per heavy atom. The van der Waals surface area contributed by atoms with Crippen molar-refractivity contribution < 1.29 is 26.3 Å². The highest BCUT2D eigenvalue weighted by Crippen LogP contribution is 2.35. The molecule has 0 aliphatic rings. The summed E-state index contributed by atoms with van der Waals surface area (Å²) in [7, 11) is 0. The molecule has 7 heteroatoms. The molecular formula is C12H7F6N. The van der Waals surface area contributed by atoms with E-state index in [9.17, 15) is 26.3 Å². The van der Waals surface area contributed by atoms with Crippen LogP contribution in [0.15, 0.2) is 6.07 Å². The number of nitrogens with one attached hydrogen (secondary N) is 1. The normalized spacial score (nSPS) is 11.1. The maximum absolute atomic E-state index is 13.9. The quantitative estimate of drug-likeness (QED) is 0.644. The van der Waals surface area contributed by atoms with E-state index >= 15 is 0 Å². The molecule has 0 aromatic heterocycles. The van der Waals surface area contributed by atoms with Gasteiger partial charge in [-0.15, -0.1) is 0 Å². The number of fused-ring (bicyclic) bond motifs is 1. The van der Waals surface area contributed by atoms with Crippen molar-refractivity contribution in [2.75, 3.05) is 11.9 Å². The Bertz CT molecular complexity index is 668. The number of benzene rings is 2. The monoisotopic (exact) mass is 279 g/mol. The van der Waals surface area contributed by atoms with E-state index in [1.165, 1.54) is 6.92 Å². The Morgan fingerprint density at radius 1 is 0.789 bits per heavy atom. The topological polar surface area (TPSA) is 12.0 Å². The molecule has 0 atom stereocenters. The van der Waals surface area contributed by atoms with Crippen LogP contribution in [0, 0.1) is 34.9 Å². The lowest BCUT2D eigenvalue weighted by Gasteiger charge is -2.12. The summed E-state index contributed by atoms with van der Waals surface area (Å²) in [5, 5.41) is -0.370. The fourth-order valence-electron chi connectivity index (χ4n) is 1.79. The first-order valence-electron chi connectivity index (χ1n) is 5.27. The smallest absolute Gasteiger partial charge is 0.185 e. The van der Waals surface area contributed by atoms with Crippen LogP contribution < -0.4 is 5.32 Å². The molecule has 2 aromatic carbocycles. The summed E-state index contributed by atoms with van der Waals surface area (Å²) in [6.45, 7) is 1.47. The van der Waals surface area contributed by atoms with Crippen molar-refractivity contribution in [2.45, 2.75) is 6.92 Å². The van der Waals surface area contributed by atoms with Gasteiger partial charge in [-0.3, -0.25) is 0 Å². The SMILES string of the molecule is CCNc1c(F)c(F)c2c(F)cc(F)c(F)c2c1F. The van der Waals surface area contributed by atoms with E-state index in [2.05, 4.69) is 5.32 Å². The van der Waals surface area contributed by atoms with Crippen molar-refractivity contribution in [1.29, 1.82) is 0 Å². The molecule has 2 rings (SSSR count). The first kappa shape index (κ1) is 13.5. The highest BCUT2D eigenvalue weighted by Gasteiger charge is 2.26. The Kier molecular flexibility index (Phi) is 3.30. The molecule has 0 aliphatic carbocycles. The van der Waals surface area contributed by atoms with Gasteiger partial charge in [-0.2, -0.15) is 0 Å². The minimum Gasteiger partial charge on any atom is -0.380 e. The highest BCUT2D eigenvalue weighted by molar-refractivity contribution is 5.88. The summed E-state index contributed by atoms with van der Waals surface area (Å²) >= 11 is 0. The van der Waals surface area contributed by atoms with E-state index in [0.29, 0.717) is 0 Å². The second kappa shape index (κ2) is 4.64. The Hall–Kier alpha value is -1.92. The van der Waals surface area contributed by atoms with Crippen LogP contribution in [0.5, 0.6) is 0 Å². The van der Waals surface area contributed by atoms with Gasteiger partial charge in [0.05, 0.1) is 10.8 Å². The van der Waals surface area contributed by atoms with Crippen molar-refractivity contribution in [1.82, 2.24) is 0 Å². The number of anilines is 1. The van der Waals surface area contributed by atoms with Crippen molar-refractivity contribution in [3.8, 4) is 0 Å². The number of rotatable bonds is 2. The van der Waals surface area contributed by atoms with Gasteiger partial charge in [0.25, 0.3) is 0 Å². The van der Waals surface area contributed by atoms with Crippen molar-refractivity contribution in [3.05, 3.63) is 41.0 Å². The zero-order valence-corrected chi connectivity index (χ0v) is 9.55. The molecule has 0 fully saturated rings. The van der Waals surface area contributed by atoms with Crippen LogP contribution in [0.2, 0.25) is 0 Å². The van der Waals surface area contributed by atoms with Crippen molar-refractivity contribution in [3.63, 3.8) is 0 Å². The van der Waals surface area contributed by atoms with Gasteiger partial charge in [0.2, 0.25) is 0 Å². The maximum Gasteiger partial charge on any atom is 0.185 e. The summed E-state index contributed by atoms with van der Waals surface area (Å²) in [4.78, 5) is 0. The van der Waals surface area contributed by atoms with E-state index < -0.39 is 51.4 Å². The van der Waals surface area contributed by atoms with Gasteiger partial charge in [0, 0.05) is 12.6 Å². The molecule has 0 heterocycles. The van der Waals surface area contributed by atoms with Crippen molar-refractivity contribution in [2.24, 2.45) is 0 Å². The Morgan fingerprint density at radius 2 is 1.42 bits per heavy atom. The van der Waals surface area contributed by atoms with Gasteiger partial charge in [0.1, 0.15) is 11.5 Å². The van der Waals surface area contributed by atoms with Gasteiger partial charge in [-0.25, -0.2) is 26.3 Å². The molecule has 1 N–H and O–H groups in total. The lowest BCUT2D eigenvalue weighted by Crippen LogP contribution is -2.08. The zero-order valence-electron chi connectivity index (χ0n) is 9.55. The molecular weight excluding hydrogens is 272 g/mol. The molecule has 0 saturated heterocycles. The molecule has 0 amide bonds. The average Bonchev–Trinajstić information content (AvgIpc) is 2.36. The molecule has 0 bridgehead atoms. The molecule has 102 valence electrons. The van der Waals surface area contributed by atoms with Gasteiger partial charge >= 0.3 is 0 Å². The van der Waals surface area contributed by atoms with E-state index in [1.807, 2.05) is 0 Å². The number of hydrogen-bond acceptors (Lipinski definition) is 1. The van der Waals surface area contributed by atoms with Gasteiger partial charge in [0.15, 0.2) is 29.1 Å². The summed E-state index contributed by atoms with van der Waals surface area (Å²) in [6.07, 6.45) is 0. The van der Waals surface area contributed by atoms with Crippen LogP contribution >= 0.6 is 0 Å². The zero-order chi connectivity index (χ0) is 14.3. The third-order valence-electron chi connectivity index (χ3n) is 2.60. The lowest BCUT2D eigenvalue weighted by atomic mass is 10.1. The van der Waals surface area contributed by atoms with Crippen LogP contribution in [0.3, 0.4) is 0 Å². The van der Waals surface area contributed by atoms with E-state index in [4.69, 9.17) is 0 Å². The third kappa shape index (κ3) is 1.89. The number of halogens is 6.